The molecule has 10 nitrogen and oxygen atoms in total. The van der Waals surface area contributed by atoms with Gasteiger partial charge >= 0.3 is 11.9 Å². The molecule has 0 bridgehead atoms. The second-order valence-electron chi connectivity index (χ2n) is 8.68. The van der Waals surface area contributed by atoms with Gasteiger partial charge < -0.3 is 9.47 Å². The van der Waals surface area contributed by atoms with E-state index in [1.165, 1.54) is 48.5 Å². The third-order valence-electron chi connectivity index (χ3n) is 5.87. The zero-order valence-electron chi connectivity index (χ0n) is 21.4. The normalized spacial score (nSPS) is 11.9. The van der Waals surface area contributed by atoms with Crippen molar-refractivity contribution in [2.45, 2.75) is 38.7 Å². The summed E-state index contributed by atoms with van der Waals surface area (Å²) in [6, 6.07) is 19.5. The van der Waals surface area contributed by atoms with Crippen molar-refractivity contribution >= 4 is 28.9 Å². The Hall–Kier alpha value is -4.86. The smallest absolute Gasteiger partial charge is 0.338 e. The van der Waals surface area contributed by atoms with Gasteiger partial charge in [0.25, 0.3) is 11.4 Å². The number of carbonyl (C=O) groups excluding carboxylic acids is 2. The first-order valence-corrected chi connectivity index (χ1v) is 12.4. The van der Waals surface area contributed by atoms with Crippen LogP contribution in [0.15, 0.2) is 84.9 Å². The molecular weight excluding hydrogens is 504 g/mol. The fourth-order valence-electron chi connectivity index (χ4n) is 3.75. The Balaban J connectivity index is 1.82. The van der Waals surface area contributed by atoms with Crippen LogP contribution in [0.25, 0.3) is 5.57 Å². The Kier molecular flexibility index (Phi) is 10.4. The molecule has 202 valence electrons. The van der Waals surface area contributed by atoms with E-state index in [1.807, 2.05) is 30.3 Å². The second kappa shape index (κ2) is 14.2. The SMILES string of the molecule is CCCCCC(/C=C(\COC(=O)c1ccc([N+](=O)[O-])cc1)c1ccccc1)OC(=O)c1ccc([N+](=O)[O-])cc1. The largest absolute Gasteiger partial charge is 0.457 e. The number of nitro groups is 2. The Labute approximate surface area is 225 Å². The molecule has 0 aromatic heterocycles. The number of benzene rings is 3. The van der Waals surface area contributed by atoms with E-state index in [2.05, 4.69) is 6.92 Å². The minimum absolute atomic E-state index is 0.126. The summed E-state index contributed by atoms with van der Waals surface area (Å²) in [5.41, 5.74) is 1.45. The van der Waals surface area contributed by atoms with Crippen molar-refractivity contribution in [2.24, 2.45) is 0 Å². The lowest BCUT2D eigenvalue weighted by molar-refractivity contribution is -0.385. The van der Waals surface area contributed by atoms with Crippen LogP contribution in [0, 0.1) is 20.2 Å². The van der Waals surface area contributed by atoms with Gasteiger partial charge in [-0.05, 0) is 54.3 Å². The van der Waals surface area contributed by atoms with Gasteiger partial charge in [0.2, 0.25) is 0 Å². The monoisotopic (exact) mass is 532 g/mol. The molecule has 0 aliphatic rings. The summed E-state index contributed by atoms with van der Waals surface area (Å²) in [5.74, 6) is -1.28. The summed E-state index contributed by atoms with van der Waals surface area (Å²) in [6.07, 6.45) is 4.31. The van der Waals surface area contributed by atoms with Crippen LogP contribution in [-0.2, 0) is 9.47 Å². The van der Waals surface area contributed by atoms with E-state index < -0.39 is 27.9 Å². The summed E-state index contributed by atoms with van der Waals surface area (Å²) in [7, 11) is 0. The molecule has 0 spiro atoms. The molecule has 0 saturated heterocycles. The minimum atomic E-state index is -0.655. The van der Waals surface area contributed by atoms with Crippen LogP contribution in [-0.4, -0.2) is 34.5 Å². The highest BCUT2D eigenvalue weighted by molar-refractivity contribution is 5.91. The summed E-state index contributed by atoms with van der Waals surface area (Å²) in [6.45, 7) is 1.93. The fourth-order valence-corrected chi connectivity index (χ4v) is 3.75. The van der Waals surface area contributed by atoms with Crippen LogP contribution in [0.2, 0.25) is 0 Å². The average Bonchev–Trinajstić information content (AvgIpc) is 2.95. The first kappa shape index (κ1) is 28.7. The predicted molar refractivity (Wildman–Crippen MR) is 144 cm³/mol. The van der Waals surface area contributed by atoms with Crippen molar-refractivity contribution < 1.29 is 28.9 Å². The van der Waals surface area contributed by atoms with E-state index in [9.17, 15) is 29.8 Å². The number of ether oxygens (including phenoxy) is 2. The van der Waals surface area contributed by atoms with E-state index in [0.717, 1.165) is 24.8 Å². The standard InChI is InChI=1S/C29H28N2O8/c1-2-3-5-10-27(39-29(33)23-13-17-26(18-14-23)31(36)37)19-24(21-8-6-4-7-9-21)20-38-28(32)22-11-15-25(16-12-22)30(34)35/h4,6-9,11-19,27H,2-3,5,10,20H2,1H3/b24-19+. The molecule has 3 rings (SSSR count). The Morgan fingerprint density at radius 2 is 1.31 bits per heavy atom. The number of unbranched alkanes of at least 4 members (excludes halogenated alkanes) is 2. The van der Waals surface area contributed by atoms with Gasteiger partial charge in [-0.2, -0.15) is 0 Å². The number of carbonyl (C=O) groups is 2. The lowest BCUT2D eigenvalue weighted by Crippen LogP contribution is -2.18. The highest BCUT2D eigenvalue weighted by atomic mass is 16.6. The highest BCUT2D eigenvalue weighted by Gasteiger charge is 2.18. The van der Waals surface area contributed by atoms with Gasteiger partial charge in [0.15, 0.2) is 0 Å². The topological polar surface area (TPSA) is 139 Å². The lowest BCUT2D eigenvalue weighted by Gasteiger charge is -2.18. The minimum Gasteiger partial charge on any atom is -0.457 e. The molecule has 10 heteroatoms. The van der Waals surface area contributed by atoms with Crippen molar-refractivity contribution in [1.29, 1.82) is 0 Å². The zero-order valence-corrected chi connectivity index (χ0v) is 21.4. The number of hydrogen-bond acceptors (Lipinski definition) is 8. The average molecular weight is 533 g/mol. The van der Waals surface area contributed by atoms with Crippen LogP contribution in [0.1, 0.15) is 58.9 Å². The molecule has 3 aromatic rings. The Morgan fingerprint density at radius 3 is 1.82 bits per heavy atom. The van der Waals surface area contributed by atoms with Crippen LogP contribution in [0.4, 0.5) is 11.4 Å². The maximum atomic E-state index is 12.9. The number of esters is 2. The van der Waals surface area contributed by atoms with E-state index in [1.54, 1.807) is 6.08 Å². The van der Waals surface area contributed by atoms with Crippen molar-refractivity contribution in [2.75, 3.05) is 6.61 Å². The molecule has 0 fully saturated rings. The van der Waals surface area contributed by atoms with Crippen molar-refractivity contribution in [3.05, 3.63) is 122 Å². The van der Waals surface area contributed by atoms with E-state index in [-0.39, 0.29) is 29.1 Å². The van der Waals surface area contributed by atoms with Gasteiger partial charge in [-0.15, -0.1) is 0 Å². The molecule has 39 heavy (non-hydrogen) atoms. The fraction of sp³-hybridized carbons (Fsp3) is 0.241. The number of hydrogen-bond donors (Lipinski definition) is 0. The molecule has 0 aliphatic heterocycles. The molecule has 0 heterocycles. The van der Waals surface area contributed by atoms with Crippen molar-refractivity contribution in [1.82, 2.24) is 0 Å². The molecule has 0 amide bonds. The first-order chi connectivity index (χ1) is 18.8. The van der Waals surface area contributed by atoms with Gasteiger partial charge in [-0.25, -0.2) is 9.59 Å². The summed E-state index contributed by atoms with van der Waals surface area (Å²) in [5, 5.41) is 21.8. The maximum Gasteiger partial charge on any atom is 0.338 e. The van der Waals surface area contributed by atoms with Gasteiger partial charge in [0, 0.05) is 24.3 Å². The van der Waals surface area contributed by atoms with E-state index in [0.29, 0.717) is 12.0 Å². The summed E-state index contributed by atoms with van der Waals surface area (Å²) in [4.78, 5) is 46.2. The van der Waals surface area contributed by atoms with Gasteiger partial charge in [0.05, 0.1) is 21.0 Å². The Bertz CT molecular complexity index is 1320. The highest BCUT2D eigenvalue weighted by Crippen LogP contribution is 2.22. The molecule has 0 aliphatic carbocycles. The molecule has 0 radical (unpaired) electrons. The van der Waals surface area contributed by atoms with Crippen LogP contribution >= 0.6 is 0 Å². The third-order valence-corrected chi connectivity index (χ3v) is 5.87. The van der Waals surface area contributed by atoms with Crippen molar-refractivity contribution in [3.63, 3.8) is 0 Å². The molecule has 1 atom stereocenters. The molecule has 3 aromatic carbocycles. The number of non-ortho nitro benzene ring substituents is 2. The van der Waals surface area contributed by atoms with Gasteiger partial charge in [-0.1, -0.05) is 50.1 Å². The van der Waals surface area contributed by atoms with Gasteiger partial charge in [-0.3, -0.25) is 20.2 Å². The summed E-state index contributed by atoms with van der Waals surface area (Å²) < 4.78 is 11.3. The molecule has 1 unspecified atom stereocenters. The molecular formula is C29H28N2O8. The lowest BCUT2D eigenvalue weighted by atomic mass is 10.0. The molecule has 0 N–H and O–H groups in total. The van der Waals surface area contributed by atoms with Crippen molar-refractivity contribution in [3.8, 4) is 0 Å². The van der Waals surface area contributed by atoms with Crippen LogP contribution < -0.4 is 0 Å². The number of rotatable bonds is 13. The van der Waals surface area contributed by atoms with E-state index in [4.69, 9.17) is 9.47 Å². The molecule has 0 saturated carbocycles. The summed E-state index contributed by atoms with van der Waals surface area (Å²) >= 11 is 0. The number of nitro benzene ring substituents is 2. The van der Waals surface area contributed by atoms with Crippen LogP contribution in [0.5, 0.6) is 0 Å². The van der Waals surface area contributed by atoms with E-state index >= 15 is 0 Å². The first-order valence-electron chi connectivity index (χ1n) is 12.4. The maximum absolute atomic E-state index is 12.9. The quantitative estimate of drug-likeness (QED) is 0.104. The third kappa shape index (κ3) is 8.60. The Morgan fingerprint density at radius 1 is 0.769 bits per heavy atom. The zero-order chi connectivity index (χ0) is 28.2. The second-order valence-corrected chi connectivity index (χ2v) is 8.68. The number of nitrogens with zero attached hydrogens (tertiary/aromatic N) is 2. The predicted octanol–water partition coefficient (Wildman–Crippen LogP) is 6.55. The van der Waals surface area contributed by atoms with Crippen LogP contribution in [0.3, 0.4) is 0 Å². The van der Waals surface area contributed by atoms with Gasteiger partial charge in [0.1, 0.15) is 12.7 Å².